The minimum Gasteiger partial charge on any atom is -0.313 e. The minimum atomic E-state index is -0.131. The Labute approximate surface area is 94.5 Å². The van der Waals surface area contributed by atoms with Crippen molar-refractivity contribution in [3.63, 3.8) is 0 Å². The fourth-order valence-electron chi connectivity index (χ4n) is 2.05. The van der Waals surface area contributed by atoms with E-state index >= 15 is 0 Å². The average Bonchev–Trinajstić information content (AvgIpc) is 2.38. The van der Waals surface area contributed by atoms with E-state index in [0.29, 0.717) is 11.3 Å². The summed E-state index contributed by atoms with van der Waals surface area (Å²) in [6.07, 6.45) is 1.07. The molecule has 1 aliphatic heterocycles. The molecular weight excluding hydrogens is 209 g/mol. The smallest absolute Gasteiger partial charge is 0.123 e. The van der Waals surface area contributed by atoms with E-state index in [0.717, 1.165) is 17.7 Å². The van der Waals surface area contributed by atoms with Crippen LogP contribution >= 0.6 is 11.8 Å². The summed E-state index contributed by atoms with van der Waals surface area (Å²) in [5.41, 5.74) is 2.40. The van der Waals surface area contributed by atoms with Gasteiger partial charge in [-0.15, -0.1) is 0 Å². The van der Waals surface area contributed by atoms with Crippen molar-refractivity contribution in [1.29, 1.82) is 0 Å². The van der Waals surface area contributed by atoms with Gasteiger partial charge in [-0.3, -0.25) is 0 Å². The molecule has 1 N–H and O–H groups in total. The molecule has 82 valence electrons. The quantitative estimate of drug-likeness (QED) is 0.788. The number of rotatable bonds is 1. The summed E-state index contributed by atoms with van der Waals surface area (Å²) in [4.78, 5) is 0. The van der Waals surface area contributed by atoms with E-state index in [1.807, 2.05) is 24.9 Å². The molecule has 1 aromatic rings. The zero-order valence-electron chi connectivity index (χ0n) is 9.09. The van der Waals surface area contributed by atoms with Crippen LogP contribution in [-0.4, -0.2) is 12.3 Å². The van der Waals surface area contributed by atoms with Gasteiger partial charge in [0.1, 0.15) is 5.82 Å². The third kappa shape index (κ3) is 2.34. The zero-order chi connectivity index (χ0) is 10.8. The van der Waals surface area contributed by atoms with Gasteiger partial charge in [-0.25, -0.2) is 4.39 Å². The topological polar surface area (TPSA) is 12.0 Å². The molecular formula is C12H16FNS. The van der Waals surface area contributed by atoms with Crippen LogP contribution in [0.2, 0.25) is 0 Å². The first-order valence-corrected chi connectivity index (χ1v) is 6.32. The summed E-state index contributed by atoms with van der Waals surface area (Å²) in [5.74, 6) is 0.864. The van der Waals surface area contributed by atoms with Crippen LogP contribution in [0.5, 0.6) is 0 Å². The van der Waals surface area contributed by atoms with Gasteiger partial charge in [-0.1, -0.05) is 13.0 Å². The maximum absolute atomic E-state index is 13.2. The lowest BCUT2D eigenvalue weighted by Crippen LogP contribution is -2.19. The Kier molecular flexibility index (Phi) is 3.32. The lowest BCUT2D eigenvalue weighted by molar-refractivity contribution is 0.542. The van der Waals surface area contributed by atoms with E-state index in [1.165, 1.54) is 5.56 Å². The Bertz CT molecular complexity index is 353. The molecule has 3 heteroatoms. The number of hydrogen-bond donors (Lipinski definition) is 1. The summed E-state index contributed by atoms with van der Waals surface area (Å²) < 4.78 is 13.2. The highest BCUT2D eigenvalue weighted by molar-refractivity contribution is 7.99. The van der Waals surface area contributed by atoms with Crippen molar-refractivity contribution in [2.45, 2.75) is 30.4 Å². The van der Waals surface area contributed by atoms with Crippen molar-refractivity contribution in [2.24, 2.45) is 0 Å². The molecule has 15 heavy (non-hydrogen) atoms. The molecule has 2 atom stereocenters. The molecule has 0 saturated heterocycles. The van der Waals surface area contributed by atoms with E-state index in [-0.39, 0.29) is 5.82 Å². The molecule has 0 amide bonds. The van der Waals surface area contributed by atoms with E-state index in [9.17, 15) is 4.39 Å². The van der Waals surface area contributed by atoms with Crippen molar-refractivity contribution in [1.82, 2.24) is 5.32 Å². The molecule has 0 bridgehead atoms. The third-order valence-electron chi connectivity index (χ3n) is 2.92. The second-order valence-corrected chi connectivity index (χ2v) is 5.47. The number of thioether (sulfide) groups is 1. The van der Waals surface area contributed by atoms with Gasteiger partial charge in [-0.05, 0) is 36.7 Å². The molecule has 0 saturated carbocycles. The van der Waals surface area contributed by atoms with E-state index < -0.39 is 0 Å². The van der Waals surface area contributed by atoms with Crippen molar-refractivity contribution >= 4 is 11.8 Å². The Morgan fingerprint density at radius 1 is 1.47 bits per heavy atom. The number of benzene rings is 1. The number of hydrogen-bond acceptors (Lipinski definition) is 2. The second-order valence-electron chi connectivity index (χ2n) is 4.04. The fourth-order valence-corrected chi connectivity index (χ4v) is 3.11. The predicted octanol–water partition coefficient (Wildman–Crippen LogP) is 3.11. The number of fused-ring (bicyclic) bond motifs is 1. The fraction of sp³-hybridized carbons (Fsp3) is 0.500. The highest BCUT2D eigenvalue weighted by Gasteiger charge is 2.21. The summed E-state index contributed by atoms with van der Waals surface area (Å²) in [6, 6.07) is 5.44. The molecule has 0 aromatic heterocycles. The monoisotopic (exact) mass is 225 g/mol. The second kappa shape index (κ2) is 4.54. The molecule has 1 aliphatic rings. The Morgan fingerprint density at radius 2 is 2.27 bits per heavy atom. The zero-order valence-corrected chi connectivity index (χ0v) is 9.90. The van der Waals surface area contributed by atoms with Crippen molar-refractivity contribution in [2.75, 3.05) is 7.05 Å². The van der Waals surface area contributed by atoms with Crippen LogP contribution in [-0.2, 0) is 5.75 Å². The highest BCUT2D eigenvalue weighted by Crippen LogP contribution is 2.34. The van der Waals surface area contributed by atoms with Crippen LogP contribution in [0.3, 0.4) is 0 Å². The molecule has 0 spiro atoms. The molecule has 0 aliphatic carbocycles. The van der Waals surface area contributed by atoms with Gasteiger partial charge in [0.15, 0.2) is 0 Å². The summed E-state index contributed by atoms with van der Waals surface area (Å²) >= 11 is 1.94. The standard InChI is InChI=1S/C12H16FNS/c1-8-5-12(14-2)11-6-10(13)4-3-9(11)7-15-8/h3-4,6,8,12,14H,5,7H2,1-2H3. The van der Waals surface area contributed by atoms with Crippen LogP contribution in [0, 0.1) is 5.82 Å². The number of nitrogens with one attached hydrogen (secondary N) is 1. The normalized spacial score (nSPS) is 25.8. The molecule has 0 radical (unpaired) electrons. The molecule has 2 rings (SSSR count). The largest absolute Gasteiger partial charge is 0.313 e. The molecule has 1 heterocycles. The first-order chi connectivity index (χ1) is 7.20. The van der Waals surface area contributed by atoms with Crippen LogP contribution in [0.25, 0.3) is 0 Å². The van der Waals surface area contributed by atoms with Crippen LogP contribution in [0.1, 0.15) is 30.5 Å². The van der Waals surface area contributed by atoms with Gasteiger partial charge in [0, 0.05) is 17.0 Å². The van der Waals surface area contributed by atoms with Gasteiger partial charge in [-0.2, -0.15) is 11.8 Å². The van der Waals surface area contributed by atoms with E-state index in [2.05, 4.69) is 12.2 Å². The predicted molar refractivity (Wildman–Crippen MR) is 63.6 cm³/mol. The third-order valence-corrected chi connectivity index (χ3v) is 4.16. The maximum Gasteiger partial charge on any atom is 0.123 e. The lowest BCUT2D eigenvalue weighted by Gasteiger charge is -2.18. The highest BCUT2D eigenvalue weighted by atomic mass is 32.2. The summed E-state index contributed by atoms with van der Waals surface area (Å²) in [6.45, 7) is 2.23. The molecule has 0 fully saturated rings. The van der Waals surface area contributed by atoms with Crippen molar-refractivity contribution in [3.05, 3.63) is 35.1 Å². The summed E-state index contributed by atoms with van der Waals surface area (Å²) in [7, 11) is 1.95. The van der Waals surface area contributed by atoms with Crippen molar-refractivity contribution in [3.8, 4) is 0 Å². The van der Waals surface area contributed by atoms with Gasteiger partial charge < -0.3 is 5.32 Å². The Morgan fingerprint density at radius 3 is 3.00 bits per heavy atom. The van der Waals surface area contributed by atoms with Gasteiger partial charge in [0.2, 0.25) is 0 Å². The van der Waals surface area contributed by atoms with Crippen molar-refractivity contribution < 1.29 is 4.39 Å². The first kappa shape index (κ1) is 11.0. The minimum absolute atomic E-state index is 0.131. The first-order valence-electron chi connectivity index (χ1n) is 5.28. The summed E-state index contributed by atoms with van der Waals surface area (Å²) in [5, 5.41) is 3.90. The molecule has 1 nitrogen and oxygen atoms in total. The maximum atomic E-state index is 13.2. The van der Waals surface area contributed by atoms with Gasteiger partial charge in [0.05, 0.1) is 0 Å². The molecule has 1 aromatic carbocycles. The van der Waals surface area contributed by atoms with Crippen LogP contribution in [0.15, 0.2) is 18.2 Å². The lowest BCUT2D eigenvalue weighted by atomic mass is 9.98. The SMILES string of the molecule is CNC1CC(C)SCc2ccc(F)cc21. The average molecular weight is 225 g/mol. The number of halogens is 1. The Balaban J connectivity index is 2.39. The van der Waals surface area contributed by atoms with E-state index in [4.69, 9.17) is 0 Å². The van der Waals surface area contributed by atoms with Gasteiger partial charge in [0.25, 0.3) is 0 Å². The van der Waals surface area contributed by atoms with Crippen LogP contribution in [0.4, 0.5) is 4.39 Å². The van der Waals surface area contributed by atoms with Gasteiger partial charge >= 0.3 is 0 Å². The van der Waals surface area contributed by atoms with E-state index in [1.54, 1.807) is 12.1 Å². The van der Waals surface area contributed by atoms with Crippen LogP contribution < -0.4 is 5.32 Å². The Hall–Kier alpha value is -0.540. The molecule has 2 unspecified atom stereocenters.